The molecule has 0 spiro atoms. The number of hydrogen-bond acceptors (Lipinski definition) is 5. The van der Waals surface area contributed by atoms with Gasteiger partial charge in [-0.1, -0.05) is 6.07 Å². The van der Waals surface area contributed by atoms with Gasteiger partial charge in [-0.25, -0.2) is 0 Å². The summed E-state index contributed by atoms with van der Waals surface area (Å²) in [6.45, 7) is 0.0690. The van der Waals surface area contributed by atoms with E-state index >= 15 is 0 Å². The second-order valence-electron chi connectivity index (χ2n) is 6.84. The Morgan fingerprint density at radius 1 is 1.33 bits per heavy atom. The monoisotopic (exact) mass is 351 g/mol. The molecule has 0 atom stereocenters. The van der Waals surface area contributed by atoms with Crippen molar-refractivity contribution in [3.8, 4) is 0 Å². The third-order valence-corrected chi connectivity index (χ3v) is 6.16. The zero-order valence-electron chi connectivity index (χ0n) is 14.7. The summed E-state index contributed by atoms with van der Waals surface area (Å²) in [7, 11) is 4.29. The van der Waals surface area contributed by atoms with E-state index in [4.69, 9.17) is 5.73 Å². The second kappa shape index (κ2) is 8.74. The van der Waals surface area contributed by atoms with E-state index in [-0.39, 0.29) is 29.8 Å². The second-order valence-corrected chi connectivity index (χ2v) is 7.79. The Balaban J connectivity index is 1.81. The Hall–Kier alpha value is -1.24. The molecule has 1 aliphatic rings. The lowest BCUT2D eigenvalue weighted by molar-refractivity contribution is -0.122. The zero-order chi connectivity index (χ0) is 17.6. The molecule has 0 unspecified atom stereocenters. The van der Waals surface area contributed by atoms with Gasteiger partial charge < -0.3 is 11.1 Å². The average molecular weight is 352 g/mol. The fourth-order valence-corrected chi connectivity index (χ4v) is 4.61. The summed E-state index contributed by atoms with van der Waals surface area (Å²) in [5, 5.41) is 5.27. The van der Waals surface area contributed by atoms with E-state index in [0.717, 1.165) is 25.7 Å². The van der Waals surface area contributed by atoms with Crippen LogP contribution in [-0.2, 0) is 15.1 Å². The van der Waals surface area contributed by atoms with Crippen LogP contribution in [-0.4, -0.2) is 43.3 Å². The molecular formula is C18H29N3O2S. The van der Waals surface area contributed by atoms with Crippen LogP contribution in [0.1, 0.15) is 49.8 Å². The van der Waals surface area contributed by atoms with Crippen molar-refractivity contribution in [1.82, 2.24) is 10.2 Å². The highest BCUT2D eigenvalue weighted by Crippen LogP contribution is 2.42. The molecule has 1 aliphatic carbocycles. The molecular weight excluding hydrogens is 322 g/mol. The van der Waals surface area contributed by atoms with Gasteiger partial charge in [0, 0.05) is 23.8 Å². The Morgan fingerprint density at radius 3 is 2.58 bits per heavy atom. The maximum atomic E-state index is 12.0. The highest BCUT2D eigenvalue weighted by atomic mass is 32.1. The lowest BCUT2D eigenvalue weighted by Crippen LogP contribution is -2.48. The van der Waals surface area contributed by atoms with Gasteiger partial charge in [0.15, 0.2) is 0 Å². The summed E-state index contributed by atoms with van der Waals surface area (Å²) in [6.07, 6.45) is 5.48. The van der Waals surface area contributed by atoms with Gasteiger partial charge in [-0.15, -0.1) is 11.3 Å². The number of nitrogens with one attached hydrogen (secondary N) is 1. The van der Waals surface area contributed by atoms with Crippen molar-refractivity contribution in [2.24, 2.45) is 5.73 Å². The van der Waals surface area contributed by atoms with Crippen LogP contribution in [0.2, 0.25) is 0 Å². The molecule has 1 amide bonds. The highest BCUT2D eigenvalue weighted by molar-refractivity contribution is 7.10. The van der Waals surface area contributed by atoms with Crippen LogP contribution in [0.15, 0.2) is 17.5 Å². The molecule has 1 aromatic rings. The molecule has 1 aromatic heterocycles. The lowest BCUT2D eigenvalue weighted by Gasteiger charge is -2.44. The minimum absolute atomic E-state index is 0.0205. The fourth-order valence-electron chi connectivity index (χ4n) is 3.55. The van der Waals surface area contributed by atoms with E-state index in [2.05, 4.69) is 41.8 Å². The zero-order valence-corrected chi connectivity index (χ0v) is 15.5. The van der Waals surface area contributed by atoms with E-state index in [9.17, 15) is 9.59 Å². The third-order valence-electron chi connectivity index (χ3n) is 5.10. The van der Waals surface area contributed by atoms with Crippen molar-refractivity contribution in [1.29, 1.82) is 0 Å². The van der Waals surface area contributed by atoms with Gasteiger partial charge in [0.1, 0.15) is 5.78 Å². The van der Waals surface area contributed by atoms with E-state index in [1.165, 1.54) is 4.88 Å². The molecule has 6 heteroatoms. The number of rotatable bonds is 8. The number of ketones is 1. The molecule has 5 nitrogen and oxygen atoms in total. The van der Waals surface area contributed by atoms with Crippen LogP contribution >= 0.6 is 11.3 Å². The molecule has 0 saturated heterocycles. The predicted octanol–water partition coefficient (Wildman–Crippen LogP) is 2.26. The first-order valence-electron chi connectivity index (χ1n) is 8.70. The molecule has 2 rings (SSSR count). The van der Waals surface area contributed by atoms with Crippen molar-refractivity contribution in [3.63, 3.8) is 0 Å². The van der Waals surface area contributed by atoms with Gasteiger partial charge in [-0.2, -0.15) is 0 Å². The number of thiophene rings is 1. The first-order valence-corrected chi connectivity index (χ1v) is 9.58. The lowest BCUT2D eigenvalue weighted by atomic mass is 9.77. The van der Waals surface area contributed by atoms with Gasteiger partial charge in [-0.3, -0.25) is 14.5 Å². The molecule has 24 heavy (non-hydrogen) atoms. The summed E-state index contributed by atoms with van der Waals surface area (Å²) in [5.41, 5.74) is 5.38. The molecule has 134 valence electrons. The summed E-state index contributed by atoms with van der Waals surface area (Å²) in [4.78, 5) is 27.0. The predicted molar refractivity (Wildman–Crippen MR) is 98.0 cm³/mol. The number of carbonyl (C=O) groups excluding carboxylic acids is 2. The number of carbonyl (C=O) groups is 2. The van der Waals surface area contributed by atoms with Gasteiger partial charge in [0.2, 0.25) is 5.91 Å². The highest BCUT2D eigenvalue weighted by Gasteiger charge is 2.39. The minimum Gasteiger partial charge on any atom is -0.353 e. The Bertz CT molecular complexity index is 534. The molecule has 1 fully saturated rings. The first-order chi connectivity index (χ1) is 11.5. The topological polar surface area (TPSA) is 75.4 Å². The van der Waals surface area contributed by atoms with Gasteiger partial charge in [-0.05, 0) is 57.6 Å². The summed E-state index contributed by atoms with van der Waals surface area (Å²) in [5.74, 6) is 0.0745. The van der Waals surface area contributed by atoms with E-state index < -0.39 is 0 Å². The summed E-state index contributed by atoms with van der Waals surface area (Å²) < 4.78 is 0. The molecule has 0 bridgehead atoms. The quantitative estimate of drug-likeness (QED) is 0.753. The van der Waals surface area contributed by atoms with Crippen molar-refractivity contribution < 1.29 is 9.59 Å². The minimum atomic E-state index is 0.0205. The fraction of sp³-hybridized carbons (Fsp3) is 0.667. The first kappa shape index (κ1) is 19.1. The molecule has 3 N–H and O–H groups in total. The summed E-state index contributed by atoms with van der Waals surface area (Å²) >= 11 is 1.82. The van der Waals surface area contributed by atoms with Crippen molar-refractivity contribution in [3.05, 3.63) is 22.4 Å². The van der Waals surface area contributed by atoms with E-state index in [1.54, 1.807) is 0 Å². The van der Waals surface area contributed by atoms with Crippen molar-refractivity contribution >= 4 is 23.0 Å². The molecule has 1 heterocycles. The van der Waals surface area contributed by atoms with Crippen LogP contribution in [0.5, 0.6) is 0 Å². The summed E-state index contributed by atoms with van der Waals surface area (Å²) in [6, 6.07) is 4.58. The smallest absolute Gasteiger partial charge is 0.220 e. The maximum Gasteiger partial charge on any atom is 0.220 e. The normalized spacial score (nSPS) is 24.1. The van der Waals surface area contributed by atoms with Crippen LogP contribution in [0, 0.1) is 0 Å². The van der Waals surface area contributed by atoms with Gasteiger partial charge in [0.25, 0.3) is 0 Å². The van der Waals surface area contributed by atoms with Crippen LogP contribution in [0.3, 0.4) is 0 Å². The van der Waals surface area contributed by atoms with E-state index in [1.807, 2.05) is 11.3 Å². The average Bonchev–Trinajstić information content (AvgIpc) is 3.10. The molecule has 0 aliphatic heterocycles. The number of amides is 1. The van der Waals surface area contributed by atoms with Gasteiger partial charge >= 0.3 is 0 Å². The largest absolute Gasteiger partial charge is 0.353 e. The van der Waals surface area contributed by atoms with Crippen LogP contribution in [0.25, 0.3) is 0 Å². The van der Waals surface area contributed by atoms with Gasteiger partial charge in [0.05, 0.1) is 12.1 Å². The Labute approximate surface area is 148 Å². The van der Waals surface area contributed by atoms with Crippen LogP contribution < -0.4 is 11.1 Å². The van der Waals surface area contributed by atoms with Crippen molar-refractivity contribution in [2.75, 3.05) is 20.6 Å². The van der Waals surface area contributed by atoms with Crippen LogP contribution in [0.4, 0.5) is 0 Å². The standard InChI is InChI=1S/C18H29N3O2S/c1-21(2)18(16-6-4-12-24-16)10-8-14(9-11-18)20-17(23)7-3-5-15(22)13-19/h4,6,12,14H,3,5,7-11,13,19H2,1-2H3,(H,20,23). The Kier molecular flexibility index (Phi) is 6.95. The van der Waals surface area contributed by atoms with E-state index in [0.29, 0.717) is 19.3 Å². The maximum absolute atomic E-state index is 12.0. The SMILES string of the molecule is CN(C)C1(c2cccs2)CCC(NC(=O)CCCC(=O)CN)CC1. The molecule has 1 saturated carbocycles. The number of hydrogen-bond donors (Lipinski definition) is 2. The number of nitrogens with two attached hydrogens (primary N) is 1. The van der Waals surface area contributed by atoms with Crippen molar-refractivity contribution in [2.45, 2.75) is 56.5 Å². The number of Topliss-reactive ketones (excluding diaryl/α,β-unsaturated/α-hetero) is 1. The number of nitrogens with zero attached hydrogens (tertiary/aromatic N) is 1. The molecule has 0 aromatic carbocycles. The Morgan fingerprint density at radius 2 is 2.04 bits per heavy atom. The molecule has 0 radical (unpaired) electrons. The third kappa shape index (κ3) is 4.65.